The van der Waals surface area contributed by atoms with E-state index in [-0.39, 0.29) is 23.7 Å². The summed E-state index contributed by atoms with van der Waals surface area (Å²) in [5.41, 5.74) is 1.68. The summed E-state index contributed by atoms with van der Waals surface area (Å²) in [4.78, 5) is 32.8. The van der Waals surface area contributed by atoms with E-state index in [4.69, 9.17) is 9.47 Å². The molecular formula is C23H21N3O4. The highest BCUT2D eigenvalue weighted by molar-refractivity contribution is 5.94. The molecule has 7 heteroatoms. The molecule has 0 bridgehead atoms. The van der Waals surface area contributed by atoms with Gasteiger partial charge in [0.05, 0.1) is 12.7 Å². The predicted octanol–water partition coefficient (Wildman–Crippen LogP) is 3.48. The summed E-state index contributed by atoms with van der Waals surface area (Å²) in [7, 11) is 1.54. The molecule has 3 aromatic rings. The van der Waals surface area contributed by atoms with Gasteiger partial charge in [0.2, 0.25) is 5.91 Å². The third-order valence-corrected chi connectivity index (χ3v) is 4.95. The zero-order valence-electron chi connectivity index (χ0n) is 16.5. The summed E-state index contributed by atoms with van der Waals surface area (Å²) in [6.45, 7) is 3.98. The second-order valence-electron chi connectivity index (χ2n) is 6.86. The molecule has 30 heavy (non-hydrogen) atoms. The number of carbonyl (C=O) groups excluding carboxylic acids is 1. The predicted molar refractivity (Wildman–Crippen MR) is 114 cm³/mol. The fourth-order valence-corrected chi connectivity index (χ4v) is 3.56. The number of amides is 1. The molecule has 4 rings (SSSR count). The summed E-state index contributed by atoms with van der Waals surface area (Å²) >= 11 is 0. The van der Waals surface area contributed by atoms with Crippen molar-refractivity contribution in [1.82, 2.24) is 9.97 Å². The summed E-state index contributed by atoms with van der Waals surface area (Å²) in [6.07, 6.45) is 1.78. The normalized spacial score (nSPS) is 15.1. The summed E-state index contributed by atoms with van der Waals surface area (Å²) in [5.74, 6) is 1.13. The maximum Gasteiger partial charge on any atom is 0.257 e. The molecular weight excluding hydrogens is 382 g/mol. The smallest absolute Gasteiger partial charge is 0.257 e. The second-order valence-corrected chi connectivity index (χ2v) is 6.86. The van der Waals surface area contributed by atoms with Crippen LogP contribution in [0.25, 0.3) is 11.4 Å². The molecule has 0 saturated heterocycles. The minimum absolute atomic E-state index is 0.137. The van der Waals surface area contributed by atoms with Crippen molar-refractivity contribution in [2.45, 2.75) is 12.3 Å². The minimum Gasteiger partial charge on any atom is -0.493 e. The molecule has 2 heterocycles. The van der Waals surface area contributed by atoms with Crippen LogP contribution >= 0.6 is 0 Å². The average Bonchev–Trinajstić information content (AvgIpc) is 2.77. The number of ether oxygens (including phenoxy) is 2. The number of benzene rings is 2. The van der Waals surface area contributed by atoms with E-state index in [0.717, 1.165) is 11.1 Å². The van der Waals surface area contributed by atoms with Crippen LogP contribution in [0, 0.1) is 0 Å². The minimum atomic E-state index is -0.447. The molecule has 0 unspecified atom stereocenters. The topological polar surface area (TPSA) is 93.3 Å². The number of hydrogen-bond donors (Lipinski definition) is 2. The fourth-order valence-electron chi connectivity index (χ4n) is 3.56. The number of H-pyrrole nitrogens is 1. The maximum absolute atomic E-state index is 13.0. The van der Waals surface area contributed by atoms with E-state index < -0.39 is 5.92 Å². The largest absolute Gasteiger partial charge is 0.493 e. The summed E-state index contributed by atoms with van der Waals surface area (Å²) in [6, 6.07) is 14.7. The van der Waals surface area contributed by atoms with Gasteiger partial charge in [0.25, 0.3) is 5.56 Å². The molecule has 0 aliphatic carbocycles. The molecule has 152 valence electrons. The van der Waals surface area contributed by atoms with Crippen molar-refractivity contribution in [2.24, 2.45) is 0 Å². The van der Waals surface area contributed by atoms with Gasteiger partial charge in [-0.05, 0) is 17.7 Å². The monoisotopic (exact) mass is 403 g/mol. The Morgan fingerprint density at radius 2 is 1.97 bits per heavy atom. The van der Waals surface area contributed by atoms with E-state index in [2.05, 4.69) is 21.9 Å². The van der Waals surface area contributed by atoms with Crippen LogP contribution in [0.3, 0.4) is 0 Å². The van der Waals surface area contributed by atoms with E-state index in [0.29, 0.717) is 29.5 Å². The number of rotatable bonds is 6. The van der Waals surface area contributed by atoms with Crippen molar-refractivity contribution in [2.75, 3.05) is 19.0 Å². The van der Waals surface area contributed by atoms with Crippen LogP contribution in [0.1, 0.15) is 23.5 Å². The van der Waals surface area contributed by atoms with Crippen LogP contribution in [0.15, 0.2) is 66.0 Å². The van der Waals surface area contributed by atoms with Gasteiger partial charge in [0, 0.05) is 17.9 Å². The lowest BCUT2D eigenvalue weighted by atomic mass is 9.86. The van der Waals surface area contributed by atoms with Crippen molar-refractivity contribution in [3.8, 4) is 22.9 Å². The number of nitrogens with zero attached hydrogens (tertiary/aromatic N) is 1. The Morgan fingerprint density at radius 1 is 1.17 bits per heavy atom. The molecule has 0 radical (unpaired) electrons. The Morgan fingerprint density at radius 3 is 2.70 bits per heavy atom. The number of aromatic nitrogens is 2. The maximum atomic E-state index is 13.0. The molecule has 2 aromatic carbocycles. The second kappa shape index (κ2) is 8.24. The fraction of sp³-hybridized carbons (Fsp3) is 0.174. The number of fused-ring (bicyclic) bond motifs is 1. The van der Waals surface area contributed by atoms with E-state index >= 15 is 0 Å². The number of methoxy groups -OCH3 is 1. The molecule has 0 spiro atoms. The molecule has 0 saturated carbocycles. The van der Waals surface area contributed by atoms with E-state index in [9.17, 15) is 9.59 Å². The third kappa shape index (κ3) is 3.69. The first-order chi connectivity index (χ1) is 14.6. The molecule has 0 fully saturated rings. The van der Waals surface area contributed by atoms with Gasteiger partial charge in [-0.15, -0.1) is 0 Å². The van der Waals surface area contributed by atoms with Gasteiger partial charge < -0.3 is 19.8 Å². The Bertz CT molecular complexity index is 1150. The zero-order valence-corrected chi connectivity index (χ0v) is 16.5. The first kappa shape index (κ1) is 19.4. The quantitative estimate of drug-likeness (QED) is 0.615. The van der Waals surface area contributed by atoms with Gasteiger partial charge >= 0.3 is 0 Å². The van der Waals surface area contributed by atoms with Crippen molar-refractivity contribution in [3.05, 3.63) is 82.7 Å². The summed E-state index contributed by atoms with van der Waals surface area (Å²) < 4.78 is 11.0. The van der Waals surface area contributed by atoms with Gasteiger partial charge in [-0.2, -0.15) is 0 Å². The van der Waals surface area contributed by atoms with E-state index in [1.54, 1.807) is 25.3 Å². The van der Waals surface area contributed by atoms with Gasteiger partial charge in [-0.1, -0.05) is 49.1 Å². The Kier molecular flexibility index (Phi) is 5.34. The number of nitrogens with one attached hydrogen (secondary N) is 2. The highest BCUT2D eigenvalue weighted by Crippen LogP contribution is 2.38. The lowest BCUT2D eigenvalue weighted by molar-refractivity contribution is -0.116. The highest BCUT2D eigenvalue weighted by Gasteiger charge is 2.31. The van der Waals surface area contributed by atoms with Gasteiger partial charge in [-0.25, -0.2) is 4.98 Å². The Hall–Kier alpha value is -3.87. The van der Waals surface area contributed by atoms with Crippen LogP contribution in [0.4, 0.5) is 5.82 Å². The molecule has 1 atom stereocenters. The molecule has 7 nitrogen and oxygen atoms in total. The Balaban J connectivity index is 1.78. The number of anilines is 1. The van der Waals surface area contributed by atoms with Crippen molar-refractivity contribution >= 4 is 11.7 Å². The van der Waals surface area contributed by atoms with Crippen molar-refractivity contribution < 1.29 is 14.3 Å². The van der Waals surface area contributed by atoms with Crippen LogP contribution < -0.4 is 20.3 Å². The van der Waals surface area contributed by atoms with Crippen molar-refractivity contribution in [3.63, 3.8) is 0 Å². The summed E-state index contributed by atoms with van der Waals surface area (Å²) in [5, 5.41) is 2.74. The average molecular weight is 403 g/mol. The van der Waals surface area contributed by atoms with Crippen molar-refractivity contribution in [1.29, 1.82) is 0 Å². The van der Waals surface area contributed by atoms with Crippen LogP contribution in [0.5, 0.6) is 11.5 Å². The highest BCUT2D eigenvalue weighted by atomic mass is 16.5. The number of aromatic amines is 1. The zero-order chi connectivity index (χ0) is 21.1. The van der Waals surface area contributed by atoms with Gasteiger partial charge in [0.15, 0.2) is 11.5 Å². The molecule has 2 N–H and O–H groups in total. The number of carbonyl (C=O) groups is 1. The van der Waals surface area contributed by atoms with E-state index in [1.165, 1.54) is 0 Å². The van der Waals surface area contributed by atoms with Crippen LogP contribution in [-0.2, 0) is 4.79 Å². The standard InChI is InChI=1S/C23H21N3O4/c1-3-11-30-17-10-9-15(12-18(17)29-2)16-13-19(27)24-22-20(16)23(28)26-21(25-22)14-7-5-4-6-8-14/h3-10,12,16H,1,11,13H2,2H3,(H2,24,25,26,27,28)/t16-/m0/s1. The first-order valence-corrected chi connectivity index (χ1v) is 9.51. The number of hydrogen-bond acceptors (Lipinski definition) is 5. The van der Waals surface area contributed by atoms with E-state index in [1.807, 2.05) is 36.4 Å². The molecule has 1 aliphatic rings. The van der Waals surface area contributed by atoms with Crippen LogP contribution in [-0.4, -0.2) is 29.6 Å². The third-order valence-electron chi connectivity index (χ3n) is 4.95. The first-order valence-electron chi connectivity index (χ1n) is 9.51. The molecule has 1 amide bonds. The molecule has 1 aliphatic heterocycles. The van der Waals surface area contributed by atoms with Crippen LogP contribution in [0.2, 0.25) is 0 Å². The Labute approximate surface area is 173 Å². The van der Waals surface area contributed by atoms with Gasteiger partial charge in [-0.3, -0.25) is 9.59 Å². The molecule has 1 aromatic heterocycles. The van der Waals surface area contributed by atoms with Gasteiger partial charge in [0.1, 0.15) is 18.2 Å². The SMILES string of the molecule is C=CCOc1ccc([C@@H]2CC(=O)Nc3nc(-c4ccccc4)[nH]c(=O)c32)cc1OC. The lowest BCUT2D eigenvalue weighted by Gasteiger charge is -2.25. The lowest BCUT2D eigenvalue weighted by Crippen LogP contribution is -2.31.